The summed E-state index contributed by atoms with van der Waals surface area (Å²) in [6.07, 6.45) is 9.58. The van der Waals surface area contributed by atoms with Gasteiger partial charge in [-0.15, -0.1) is 0 Å². The van der Waals surface area contributed by atoms with Crippen molar-refractivity contribution in [1.82, 2.24) is 10.2 Å². The normalized spacial score (nSPS) is 24.1. The van der Waals surface area contributed by atoms with E-state index < -0.39 is 0 Å². The Kier molecular flexibility index (Phi) is 6.11. The molecule has 19 heavy (non-hydrogen) atoms. The average Bonchev–Trinajstić information content (AvgIpc) is 2.68. The average molecular weight is 267 g/mol. The summed E-state index contributed by atoms with van der Waals surface area (Å²) in [5.41, 5.74) is 5.57. The van der Waals surface area contributed by atoms with Gasteiger partial charge >= 0.3 is 0 Å². The first-order valence-electron chi connectivity index (χ1n) is 8.02. The summed E-state index contributed by atoms with van der Waals surface area (Å²) in [4.78, 5) is 14.7. The molecule has 2 rings (SSSR count). The summed E-state index contributed by atoms with van der Waals surface area (Å²) < 4.78 is 0. The smallest absolute Gasteiger partial charge is 0.223 e. The first-order valence-corrected chi connectivity index (χ1v) is 8.02. The summed E-state index contributed by atoms with van der Waals surface area (Å²) in [6.45, 7) is 3.75. The van der Waals surface area contributed by atoms with Crippen LogP contribution in [0.15, 0.2) is 0 Å². The molecule has 1 aliphatic heterocycles. The molecule has 0 aromatic carbocycles. The number of carbonyl (C=O) groups excluding carboxylic acids is 1. The van der Waals surface area contributed by atoms with Crippen LogP contribution in [-0.4, -0.2) is 43.0 Å². The molecular weight excluding hydrogens is 238 g/mol. The van der Waals surface area contributed by atoms with Gasteiger partial charge in [0, 0.05) is 25.0 Å². The lowest BCUT2D eigenvalue weighted by atomic mass is 9.95. The van der Waals surface area contributed by atoms with E-state index in [0.717, 1.165) is 39.0 Å². The van der Waals surface area contributed by atoms with E-state index in [2.05, 4.69) is 10.2 Å². The van der Waals surface area contributed by atoms with Gasteiger partial charge in [0.25, 0.3) is 0 Å². The van der Waals surface area contributed by atoms with E-state index in [1.165, 1.54) is 38.5 Å². The fourth-order valence-corrected chi connectivity index (χ4v) is 3.34. The Hall–Kier alpha value is -0.610. The van der Waals surface area contributed by atoms with Crippen LogP contribution in [0.25, 0.3) is 0 Å². The highest BCUT2D eigenvalue weighted by atomic mass is 16.1. The molecule has 0 radical (unpaired) electrons. The van der Waals surface area contributed by atoms with Gasteiger partial charge in [0.1, 0.15) is 0 Å². The third-order valence-electron chi connectivity index (χ3n) is 4.61. The number of piperidine rings is 1. The number of carbonyl (C=O) groups is 1. The summed E-state index contributed by atoms with van der Waals surface area (Å²) >= 11 is 0. The zero-order valence-corrected chi connectivity index (χ0v) is 12.1. The molecule has 0 bridgehead atoms. The first kappa shape index (κ1) is 14.8. The number of hydrogen-bond acceptors (Lipinski definition) is 3. The molecule has 0 spiro atoms. The fourth-order valence-electron chi connectivity index (χ4n) is 3.34. The van der Waals surface area contributed by atoms with Crippen LogP contribution in [0.3, 0.4) is 0 Å². The zero-order valence-electron chi connectivity index (χ0n) is 12.1. The maximum Gasteiger partial charge on any atom is 0.223 e. The molecule has 0 unspecified atom stereocenters. The maximum absolute atomic E-state index is 12.3. The minimum Gasteiger partial charge on any atom is -0.353 e. The van der Waals surface area contributed by atoms with E-state index in [-0.39, 0.29) is 5.92 Å². The van der Waals surface area contributed by atoms with Crippen molar-refractivity contribution in [2.75, 3.05) is 26.2 Å². The third-order valence-corrected chi connectivity index (χ3v) is 4.61. The third kappa shape index (κ3) is 4.77. The Morgan fingerprint density at radius 3 is 2.26 bits per heavy atom. The van der Waals surface area contributed by atoms with Crippen molar-refractivity contribution in [3.63, 3.8) is 0 Å². The van der Waals surface area contributed by atoms with Crippen molar-refractivity contribution in [3.8, 4) is 0 Å². The van der Waals surface area contributed by atoms with Crippen LogP contribution in [0.4, 0.5) is 0 Å². The molecule has 0 aromatic heterocycles. The zero-order chi connectivity index (χ0) is 13.5. The van der Waals surface area contributed by atoms with Crippen LogP contribution in [0, 0.1) is 5.92 Å². The van der Waals surface area contributed by atoms with Gasteiger partial charge in [0.2, 0.25) is 5.91 Å². The van der Waals surface area contributed by atoms with E-state index >= 15 is 0 Å². The van der Waals surface area contributed by atoms with Crippen LogP contribution in [-0.2, 0) is 4.79 Å². The monoisotopic (exact) mass is 267 g/mol. The van der Waals surface area contributed by atoms with Gasteiger partial charge in [-0.3, -0.25) is 4.79 Å². The molecule has 4 heteroatoms. The number of rotatable bonds is 4. The van der Waals surface area contributed by atoms with Crippen LogP contribution in [0.1, 0.15) is 51.4 Å². The van der Waals surface area contributed by atoms with Crippen molar-refractivity contribution in [1.29, 1.82) is 0 Å². The van der Waals surface area contributed by atoms with E-state index in [0.29, 0.717) is 11.9 Å². The second-order valence-electron chi connectivity index (χ2n) is 6.10. The lowest BCUT2D eigenvalue weighted by Crippen LogP contribution is -2.44. The number of hydrogen-bond donors (Lipinski definition) is 2. The summed E-state index contributed by atoms with van der Waals surface area (Å²) in [5.74, 6) is 0.538. The maximum atomic E-state index is 12.3. The van der Waals surface area contributed by atoms with Crippen LogP contribution in [0.2, 0.25) is 0 Å². The van der Waals surface area contributed by atoms with Crippen molar-refractivity contribution >= 4 is 5.91 Å². The van der Waals surface area contributed by atoms with Crippen LogP contribution < -0.4 is 11.1 Å². The van der Waals surface area contributed by atoms with Gasteiger partial charge in [0.05, 0.1) is 0 Å². The predicted molar refractivity (Wildman–Crippen MR) is 77.9 cm³/mol. The molecule has 1 amide bonds. The molecule has 1 saturated carbocycles. The SMILES string of the molecule is NCCN1CCC(C(=O)NC2CCCCCC2)CC1. The molecular formula is C15H29N3O. The summed E-state index contributed by atoms with van der Waals surface area (Å²) in [6, 6.07) is 0.442. The topological polar surface area (TPSA) is 58.4 Å². The number of nitrogens with one attached hydrogen (secondary N) is 1. The Morgan fingerprint density at radius 2 is 1.68 bits per heavy atom. The van der Waals surface area contributed by atoms with Gasteiger partial charge in [0.15, 0.2) is 0 Å². The Labute approximate surface area is 117 Å². The molecule has 110 valence electrons. The van der Waals surface area contributed by atoms with E-state index in [9.17, 15) is 4.79 Å². The largest absolute Gasteiger partial charge is 0.353 e. The molecule has 1 aliphatic carbocycles. The Morgan fingerprint density at radius 1 is 1.05 bits per heavy atom. The summed E-state index contributed by atoms with van der Waals surface area (Å²) in [5, 5.41) is 3.29. The highest BCUT2D eigenvalue weighted by Gasteiger charge is 2.26. The van der Waals surface area contributed by atoms with E-state index in [1.54, 1.807) is 0 Å². The molecule has 1 heterocycles. The van der Waals surface area contributed by atoms with Gasteiger partial charge in [-0.2, -0.15) is 0 Å². The van der Waals surface area contributed by atoms with Gasteiger partial charge in [-0.05, 0) is 38.8 Å². The molecule has 2 aliphatic rings. The lowest BCUT2D eigenvalue weighted by molar-refractivity contribution is -0.127. The molecule has 3 N–H and O–H groups in total. The number of likely N-dealkylation sites (tertiary alicyclic amines) is 1. The Balaban J connectivity index is 1.71. The minimum atomic E-state index is 0.234. The van der Waals surface area contributed by atoms with E-state index in [4.69, 9.17) is 5.73 Å². The minimum absolute atomic E-state index is 0.234. The van der Waals surface area contributed by atoms with Crippen molar-refractivity contribution < 1.29 is 4.79 Å². The quantitative estimate of drug-likeness (QED) is 0.759. The van der Waals surface area contributed by atoms with Gasteiger partial charge < -0.3 is 16.0 Å². The standard InChI is InChI=1S/C15H29N3O/c16-9-12-18-10-7-13(8-11-18)15(19)17-14-5-3-1-2-4-6-14/h13-14H,1-12,16H2,(H,17,19). The molecule has 0 aromatic rings. The van der Waals surface area contributed by atoms with Crippen molar-refractivity contribution in [2.24, 2.45) is 11.7 Å². The van der Waals surface area contributed by atoms with Crippen molar-refractivity contribution in [3.05, 3.63) is 0 Å². The highest BCUT2D eigenvalue weighted by molar-refractivity contribution is 5.79. The van der Waals surface area contributed by atoms with Crippen LogP contribution >= 0.6 is 0 Å². The number of nitrogens with zero attached hydrogens (tertiary/aromatic N) is 1. The molecule has 2 fully saturated rings. The van der Waals surface area contributed by atoms with Gasteiger partial charge in [-0.1, -0.05) is 25.7 Å². The number of nitrogens with two attached hydrogens (primary N) is 1. The molecule has 4 nitrogen and oxygen atoms in total. The summed E-state index contributed by atoms with van der Waals surface area (Å²) in [7, 11) is 0. The predicted octanol–water partition coefficient (Wildman–Crippen LogP) is 1.50. The Bertz CT molecular complexity index is 267. The van der Waals surface area contributed by atoms with Crippen molar-refractivity contribution in [2.45, 2.75) is 57.4 Å². The highest BCUT2D eigenvalue weighted by Crippen LogP contribution is 2.20. The second-order valence-corrected chi connectivity index (χ2v) is 6.10. The van der Waals surface area contributed by atoms with Crippen LogP contribution in [0.5, 0.6) is 0 Å². The number of amides is 1. The molecule has 0 atom stereocenters. The lowest BCUT2D eigenvalue weighted by Gasteiger charge is -2.31. The molecule has 1 saturated heterocycles. The van der Waals surface area contributed by atoms with Gasteiger partial charge in [-0.25, -0.2) is 0 Å². The van der Waals surface area contributed by atoms with E-state index in [1.807, 2.05) is 0 Å². The first-order chi connectivity index (χ1) is 9.29. The second kappa shape index (κ2) is 7.85. The fraction of sp³-hybridized carbons (Fsp3) is 0.933.